The highest BCUT2D eigenvalue weighted by molar-refractivity contribution is 9.10. The lowest BCUT2D eigenvalue weighted by molar-refractivity contribution is 0.0697. The van der Waals surface area contributed by atoms with Gasteiger partial charge in [0, 0.05) is 4.47 Å². The van der Waals surface area contributed by atoms with E-state index >= 15 is 0 Å². The summed E-state index contributed by atoms with van der Waals surface area (Å²) in [5.74, 6) is -1.02. The summed E-state index contributed by atoms with van der Waals surface area (Å²) in [5.41, 5.74) is 1.90. The smallest absolute Gasteiger partial charge is 0.337 e. The van der Waals surface area contributed by atoms with Crippen LogP contribution in [0, 0.1) is 0 Å². The summed E-state index contributed by atoms with van der Waals surface area (Å²) in [4.78, 5) is 11.0. The Morgan fingerprint density at radius 3 is 2.24 bits per heavy atom. The van der Waals surface area contributed by atoms with Crippen molar-refractivity contribution in [2.24, 2.45) is 0 Å². The molecule has 0 fully saturated rings. The maximum absolute atomic E-state index is 11.0. The van der Waals surface area contributed by atoms with Crippen molar-refractivity contribution < 1.29 is 9.90 Å². The molecular formula is C13H8BrClO2. The molecule has 86 valence electrons. The third kappa shape index (κ3) is 2.68. The topological polar surface area (TPSA) is 37.3 Å². The average molecular weight is 312 g/mol. The van der Waals surface area contributed by atoms with Crippen LogP contribution in [-0.2, 0) is 0 Å². The first-order valence-corrected chi connectivity index (χ1v) is 6.04. The summed E-state index contributed by atoms with van der Waals surface area (Å²) < 4.78 is 0.980. The summed E-state index contributed by atoms with van der Waals surface area (Å²) in [5, 5.41) is 9.24. The molecule has 0 heterocycles. The Bertz CT molecular complexity index is 564. The van der Waals surface area contributed by atoms with Crippen molar-refractivity contribution in [3.63, 3.8) is 0 Å². The van der Waals surface area contributed by atoms with E-state index in [1.807, 2.05) is 24.3 Å². The maximum atomic E-state index is 11.0. The van der Waals surface area contributed by atoms with Gasteiger partial charge >= 0.3 is 5.97 Å². The summed E-state index contributed by atoms with van der Waals surface area (Å²) >= 11 is 9.17. The molecule has 2 aromatic rings. The summed E-state index contributed by atoms with van der Waals surface area (Å²) in [7, 11) is 0. The molecule has 2 nitrogen and oxygen atoms in total. The zero-order chi connectivity index (χ0) is 12.4. The molecule has 1 N–H and O–H groups in total. The molecule has 0 saturated carbocycles. The van der Waals surface area contributed by atoms with Gasteiger partial charge in [-0.2, -0.15) is 0 Å². The number of carboxylic acids is 1. The van der Waals surface area contributed by atoms with E-state index in [-0.39, 0.29) is 10.6 Å². The van der Waals surface area contributed by atoms with E-state index in [4.69, 9.17) is 16.7 Å². The van der Waals surface area contributed by atoms with Gasteiger partial charge in [-0.25, -0.2) is 4.79 Å². The van der Waals surface area contributed by atoms with E-state index in [1.165, 1.54) is 0 Å². The van der Waals surface area contributed by atoms with Crippen molar-refractivity contribution in [2.75, 3.05) is 0 Å². The van der Waals surface area contributed by atoms with Crippen molar-refractivity contribution in [2.45, 2.75) is 0 Å². The molecule has 0 unspecified atom stereocenters. The molecule has 2 rings (SSSR count). The molecule has 0 aliphatic rings. The first-order valence-electron chi connectivity index (χ1n) is 4.87. The number of hydrogen-bond acceptors (Lipinski definition) is 1. The van der Waals surface area contributed by atoms with Gasteiger partial charge in [-0.1, -0.05) is 45.7 Å². The lowest BCUT2D eigenvalue weighted by Gasteiger charge is -2.05. The SMILES string of the molecule is O=C(O)c1cc(-c2ccc(Br)cc2)ccc1Cl. The molecule has 0 aliphatic carbocycles. The fraction of sp³-hybridized carbons (Fsp3) is 0. The molecular weight excluding hydrogens is 303 g/mol. The van der Waals surface area contributed by atoms with Crippen LogP contribution in [-0.4, -0.2) is 11.1 Å². The van der Waals surface area contributed by atoms with Gasteiger partial charge in [-0.05, 0) is 35.4 Å². The summed E-state index contributed by atoms with van der Waals surface area (Å²) in [6, 6.07) is 12.6. The third-order valence-electron chi connectivity index (χ3n) is 2.37. The van der Waals surface area contributed by atoms with Gasteiger partial charge in [0.1, 0.15) is 0 Å². The van der Waals surface area contributed by atoms with Gasteiger partial charge in [0.2, 0.25) is 0 Å². The Hall–Kier alpha value is -1.32. The highest BCUT2D eigenvalue weighted by Gasteiger charge is 2.10. The molecule has 0 bridgehead atoms. The molecule has 0 saturated heterocycles. The van der Waals surface area contributed by atoms with Gasteiger partial charge in [0.05, 0.1) is 10.6 Å². The number of rotatable bonds is 2. The fourth-order valence-electron chi connectivity index (χ4n) is 1.51. The molecule has 0 aromatic heterocycles. The highest BCUT2D eigenvalue weighted by Crippen LogP contribution is 2.26. The van der Waals surface area contributed by atoms with Gasteiger partial charge in [-0.15, -0.1) is 0 Å². The van der Waals surface area contributed by atoms with E-state index in [9.17, 15) is 4.79 Å². The van der Waals surface area contributed by atoms with Crippen LogP contribution < -0.4 is 0 Å². The predicted octanol–water partition coefficient (Wildman–Crippen LogP) is 4.47. The van der Waals surface area contributed by atoms with Crippen LogP contribution in [0.1, 0.15) is 10.4 Å². The normalized spacial score (nSPS) is 10.2. The zero-order valence-electron chi connectivity index (χ0n) is 8.65. The Kier molecular flexibility index (Phi) is 3.50. The van der Waals surface area contributed by atoms with E-state index in [1.54, 1.807) is 18.2 Å². The van der Waals surface area contributed by atoms with Gasteiger partial charge in [0.25, 0.3) is 0 Å². The van der Waals surface area contributed by atoms with Crippen LogP contribution in [0.4, 0.5) is 0 Å². The molecule has 4 heteroatoms. The number of hydrogen-bond donors (Lipinski definition) is 1. The molecule has 17 heavy (non-hydrogen) atoms. The Labute approximate surface area is 112 Å². The minimum atomic E-state index is -1.02. The second kappa shape index (κ2) is 4.90. The van der Waals surface area contributed by atoms with Crippen LogP contribution in [0.5, 0.6) is 0 Å². The second-order valence-electron chi connectivity index (χ2n) is 3.51. The number of carboxylic acid groups (broad SMARTS) is 1. The van der Waals surface area contributed by atoms with E-state index in [0.29, 0.717) is 0 Å². The van der Waals surface area contributed by atoms with Crippen molar-refractivity contribution >= 4 is 33.5 Å². The fourth-order valence-corrected chi connectivity index (χ4v) is 1.97. The van der Waals surface area contributed by atoms with Crippen LogP contribution in [0.15, 0.2) is 46.9 Å². The monoisotopic (exact) mass is 310 g/mol. The van der Waals surface area contributed by atoms with Gasteiger partial charge < -0.3 is 5.11 Å². The highest BCUT2D eigenvalue weighted by atomic mass is 79.9. The third-order valence-corrected chi connectivity index (χ3v) is 3.23. The van der Waals surface area contributed by atoms with Crippen molar-refractivity contribution in [1.29, 1.82) is 0 Å². The molecule has 0 radical (unpaired) electrons. The summed E-state index contributed by atoms with van der Waals surface area (Å²) in [6.45, 7) is 0. The molecule has 0 amide bonds. The minimum absolute atomic E-state index is 0.118. The zero-order valence-corrected chi connectivity index (χ0v) is 11.0. The maximum Gasteiger partial charge on any atom is 0.337 e. The number of aromatic carboxylic acids is 1. The Morgan fingerprint density at radius 1 is 1.06 bits per heavy atom. The second-order valence-corrected chi connectivity index (χ2v) is 4.83. The van der Waals surface area contributed by atoms with E-state index < -0.39 is 5.97 Å². The van der Waals surface area contributed by atoms with Crippen LogP contribution in [0.25, 0.3) is 11.1 Å². The Morgan fingerprint density at radius 2 is 1.65 bits per heavy atom. The lowest BCUT2D eigenvalue weighted by Crippen LogP contribution is -1.97. The van der Waals surface area contributed by atoms with Crippen molar-refractivity contribution in [3.05, 3.63) is 57.5 Å². The van der Waals surface area contributed by atoms with Crippen molar-refractivity contribution in [3.8, 4) is 11.1 Å². The van der Waals surface area contributed by atoms with Crippen molar-refractivity contribution in [1.82, 2.24) is 0 Å². The van der Waals surface area contributed by atoms with Gasteiger partial charge in [0.15, 0.2) is 0 Å². The average Bonchev–Trinajstić information content (AvgIpc) is 2.30. The first kappa shape index (κ1) is 12.1. The van der Waals surface area contributed by atoms with E-state index in [2.05, 4.69) is 15.9 Å². The lowest BCUT2D eigenvalue weighted by atomic mass is 10.0. The standard InChI is InChI=1S/C13H8BrClO2/c14-10-4-1-8(2-5-10)9-3-6-12(15)11(7-9)13(16)17/h1-7H,(H,16,17). The van der Waals surface area contributed by atoms with Gasteiger partial charge in [-0.3, -0.25) is 0 Å². The molecule has 0 spiro atoms. The minimum Gasteiger partial charge on any atom is -0.478 e. The van der Waals surface area contributed by atoms with Crippen LogP contribution in [0.3, 0.4) is 0 Å². The van der Waals surface area contributed by atoms with Crippen LogP contribution in [0.2, 0.25) is 5.02 Å². The number of carbonyl (C=O) groups is 1. The number of halogens is 2. The summed E-state index contributed by atoms with van der Waals surface area (Å²) in [6.07, 6.45) is 0. The largest absolute Gasteiger partial charge is 0.478 e. The molecule has 0 atom stereocenters. The first-order chi connectivity index (χ1) is 8.08. The number of benzene rings is 2. The van der Waals surface area contributed by atoms with Crippen LogP contribution >= 0.6 is 27.5 Å². The quantitative estimate of drug-likeness (QED) is 0.888. The molecule has 0 aliphatic heterocycles. The molecule has 2 aromatic carbocycles. The van der Waals surface area contributed by atoms with E-state index in [0.717, 1.165) is 15.6 Å². The predicted molar refractivity (Wildman–Crippen MR) is 71.5 cm³/mol. The Balaban J connectivity index is 2.50.